The molecule has 0 saturated carbocycles. The quantitative estimate of drug-likeness (QED) is 0.773. The van der Waals surface area contributed by atoms with Crippen LogP contribution < -0.4 is 0 Å². The van der Waals surface area contributed by atoms with Gasteiger partial charge in [0, 0.05) is 18.6 Å². The van der Waals surface area contributed by atoms with E-state index in [4.69, 9.17) is 0 Å². The predicted molar refractivity (Wildman–Crippen MR) is 64.2 cm³/mol. The Morgan fingerprint density at radius 1 is 1.50 bits per heavy atom. The summed E-state index contributed by atoms with van der Waals surface area (Å²) in [5, 5.41) is 9.32. The Kier molecular flexibility index (Phi) is 4.33. The Hall–Kier alpha value is -0.610. The van der Waals surface area contributed by atoms with E-state index < -0.39 is 0 Å². The number of carbonyl (C=O) groups excluding carboxylic acids is 1. The summed E-state index contributed by atoms with van der Waals surface area (Å²) >= 11 is 0. The van der Waals surface area contributed by atoms with Crippen LogP contribution in [0.3, 0.4) is 0 Å². The summed E-state index contributed by atoms with van der Waals surface area (Å²) < 4.78 is 0. The number of aliphatic hydroxyl groups excluding tert-OH is 1. The molecule has 0 bridgehead atoms. The van der Waals surface area contributed by atoms with Gasteiger partial charge in [0.25, 0.3) is 0 Å². The van der Waals surface area contributed by atoms with Crippen molar-refractivity contribution in [1.82, 2.24) is 9.80 Å². The Bertz CT molecular complexity index is 253. The van der Waals surface area contributed by atoms with E-state index in [2.05, 4.69) is 20.8 Å². The number of amides is 1. The predicted octanol–water partition coefficient (Wildman–Crippen LogP) is 0.700. The minimum atomic E-state index is -0.367. The summed E-state index contributed by atoms with van der Waals surface area (Å²) in [6, 6.07) is -0.367. The van der Waals surface area contributed by atoms with E-state index in [0.29, 0.717) is 0 Å². The van der Waals surface area contributed by atoms with E-state index in [-0.39, 0.29) is 24.1 Å². The normalized spacial score (nSPS) is 26.9. The molecular weight excluding hydrogens is 204 g/mol. The van der Waals surface area contributed by atoms with Crippen molar-refractivity contribution in [3.8, 4) is 0 Å². The fourth-order valence-electron chi connectivity index (χ4n) is 2.26. The van der Waals surface area contributed by atoms with Gasteiger partial charge in [-0.2, -0.15) is 0 Å². The van der Waals surface area contributed by atoms with E-state index >= 15 is 0 Å². The summed E-state index contributed by atoms with van der Waals surface area (Å²) in [4.78, 5) is 16.2. The van der Waals surface area contributed by atoms with Crippen LogP contribution in [0.4, 0.5) is 0 Å². The second-order valence-corrected chi connectivity index (χ2v) is 5.23. The van der Waals surface area contributed by atoms with Crippen LogP contribution in [0.15, 0.2) is 0 Å². The molecule has 1 heterocycles. The Balaban J connectivity index is 2.95. The molecular formula is C12H24N2O2. The molecule has 0 aliphatic carbocycles. The van der Waals surface area contributed by atoms with Crippen LogP contribution in [0, 0.1) is 0 Å². The molecule has 1 saturated heterocycles. The lowest BCUT2D eigenvalue weighted by atomic mass is 9.98. The SMILES string of the molecule is CCCN1C(=O)C(CO)N(C)CCC1(C)C. The largest absolute Gasteiger partial charge is 0.394 e. The standard InChI is InChI=1S/C12H24N2O2/c1-5-7-14-11(16)10(9-15)13(4)8-6-12(14,2)3/h10,15H,5-9H2,1-4H3. The summed E-state index contributed by atoms with van der Waals surface area (Å²) in [6.07, 6.45) is 1.91. The van der Waals surface area contributed by atoms with Crippen LogP contribution in [-0.4, -0.2) is 59.1 Å². The molecule has 0 spiro atoms. The number of hydrogen-bond donors (Lipinski definition) is 1. The molecule has 16 heavy (non-hydrogen) atoms. The first-order valence-electron chi connectivity index (χ1n) is 6.06. The van der Waals surface area contributed by atoms with E-state index in [9.17, 15) is 9.90 Å². The number of aliphatic hydroxyl groups is 1. The average molecular weight is 228 g/mol. The summed E-state index contributed by atoms with van der Waals surface area (Å²) in [6.45, 7) is 7.82. The maximum atomic E-state index is 12.3. The molecule has 1 aliphatic rings. The molecule has 0 radical (unpaired) electrons. The lowest BCUT2D eigenvalue weighted by molar-refractivity contribution is -0.140. The van der Waals surface area contributed by atoms with Gasteiger partial charge in [0.1, 0.15) is 6.04 Å². The van der Waals surface area contributed by atoms with Crippen LogP contribution in [0.5, 0.6) is 0 Å². The monoisotopic (exact) mass is 228 g/mol. The maximum Gasteiger partial charge on any atom is 0.242 e. The lowest BCUT2D eigenvalue weighted by Crippen LogP contribution is -2.52. The smallest absolute Gasteiger partial charge is 0.242 e. The first-order chi connectivity index (χ1) is 7.44. The minimum absolute atomic E-state index is 0.0642. The molecule has 4 heteroatoms. The van der Waals surface area contributed by atoms with Gasteiger partial charge in [-0.15, -0.1) is 0 Å². The van der Waals surface area contributed by atoms with Gasteiger partial charge in [0.05, 0.1) is 6.61 Å². The van der Waals surface area contributed by atoms with Crippen molar-refractivity contribution in [1.29, 1.82) is 0 Å². The fraction of sp³-hybridized carbons (Fsp3) is 0.917. The van der Waals surface area contributed by atoms with E-state index in [1.807, 2.05) is 16.8 Å². The van der Waals surface area contributed by atoms with Crippen LogP contribution in [0.2, 0.25) is 0 Å². The van der Waals surface area contributed by atoms with Gasteiger partial charge < -0.3 is 10.0 Å². The molecule has 1 unspecified atom stereocenters. The van der Waals surface area contributed by atoms with Gasteiger partial charge in [-0.05, 0) is 33.7 Å². The maximum absolute atomic E-state index is 12.3. The van der Waals surface area contributed by atoms with Gasteiger partial charge in [0.15, 0.2) is 0 Å². The van der Waals surface area contributed by atoms with Gasteiger partial charge in [-0.25, -0.2) is 0 Å². The first-order valence-corrected chi connectivity index (χ1v) is 6.06. The third-order valence-corrected chi connectivity index (χ3v) is 3.51. The summed E-state index contributed by atoms with van der Waals surface area (Å²) in [5.41, 5.74) is -0.106. The molecule has 1 N–H and O–H groups in total. The highest BCUT2D eigenvalue weighted by molar-refractivity contribution is 5.83. The van der Waals surface area contributed by atoms with Crippen molar-refractivity contribution in [2.45, 2.75) is 45.2 Å². The van der Waals surface area contributed by atoms with Crippen LogP contribution >= 0.6 is 0 Å². The Labute approximate surface area is 98.2 Å². The number of likely N-dealkylation sites (N-methyl/N-ethyl adjacent to an activating group) is 1. The second-order valence-electron chi connectivity index (χ2n) is 5.23. The van der Waals surface area contributed by atoms with Crippen LogP contribution in [0.25, 0.3) is 0 Å². The third-order valence-electron chi connectivity index (χ3n) is 3.51. The highest BCUT2D eigenvalue weighted by Gasteiger charge is 2.38. The molecule has 0 aromatic rings. The summed E-state index contributed by atoms with van der Waals surface area (Å²) in [5.74, 6) is 0.0642. The van der Waals surface area contributed by atoms with E-state index in [1.54, 1.807) is 0 Å². The Morgan fingerprint density at radius 2 is 2.12 bits per heavy atom. The molecule has 0 aromatic heterocycles. The topological polar surface area (TPSA) is 43.8 Å². The summed E-state index contributed by atoms with van der Waals surface area (Å²) in [7, 11) is 1.91. The van der Waals surface area contributed by atoms with Crippen molar-refractivity contribution >= 4 is 5.91 Å². The third kappa shape index (κ3) is 2.55. The second kappa shape index (κ2) is 5.15. The highest BCUT2D eigenvalue weighted by atomic mass is 16.3. The van der Waals surface area contributed by atoms with Gasteiger partial charge >= 0.3 is 0 Å². The minimum Gasteiger partial charge on any atom is -0.394 e. The van der Waals surface area contributed by atoms with Crippen molar-refractivity contribution in [2.24, 2.45) is 0 Å². The zero-order chi connectivity index (χ0) is 12.3. The molecule has 1 fully saturated rings. The lowest BCUT2D eigenvalue weighted by Gasteiger charge is -2.37. The van der Waals surface area contributed by atoms with Gasteiger partial charge in [-0.1, -0.05) is 6.92 Å². The molecule has 1 amide bonds. The van der Waals surface area contributed by atoms with Crippen molar-refractivity contribution in [2.75, 3.05) is 26.7 Å². The van der Waals surface area contributed by atoms with Crippen molar-refractivity contribution in [3.63, 3.8) is 0 Å². The molecule has 4 nitrogen and oxygen atoms in total. The zero-order valence-electron chi connectivity index (χ0n) is 10.9. The van der Waals surface area contributed by atoms with Gasteiger partial charge in [0.2, 0.25) is 5.91 Å². The molecule has 94 valence electrons. The fourth-order valence-corrected chi connectivity index (χ4v) is 2.26. The van der Waals surface area contributed by atoms with Crippen LogP contribution in [-0.2, 0) is 4.79 Å². The number of nitrogens with zero attached hydrogens (tertiary/aromatic N) is 2. The zero-order valence-corrected chi connectivity index (χ0v) is 10.9. The number of carbonyl (C=O) groups is 1. The highest BCUT2D eigenvalue weighted by Crippen LogP contribution is 2.25. The van der Waals surface area contributed by atoms with Crippen LogP contribution in [0.1, 0.15) is 33.6 Å². The van der Waals surface area contributed by atoms with Gasteiger partial charge in [-0.3, -0.25) is 9.69 Å². The van der Waals surface area contributed by atoms with Crippen molar-refractivity contribution in [3.05, 3.63) is 0 Å². The van der Waals surface area contributed by atoms with Crippen molar-refractivity contribution < 1.29 is 9.90 Å². The molecule has 1 aliphatic heterocycles. The molecule has 1 atom stereocenters. The van der Waals surface area contributed by atoms with E-state index in [0.717, 1.165) is 25.9 Å². The molecule has 0 aromatic carbocycles. The Morgan fingerprint density at radius 3 is 2.62 bits per heavy atom. The average Bonchev–Trinajstić information content (AvgIpc) is 2.30. The number of rotatable bonds is 3. The van der Waals surface area contributed by atoms with E-state index in [1.165, 1.54) is 0 Å². The first kappa shape index (κ1) is 13.5. The molecule has 1 rings (SSSR count). The number of hydrogen-bond acceptors (Lipinski definition) is 3.